The predicted octanol–water partition coefficient (Wildman–Crippen LogP) is 0.727. The maximum absolute atomic E-state index is 11.7. The second-order valence-corrected chi connectivity index (χ2v) is 2.45. The van der Waals surface area contributed by atoms with Gasteiger partial charge < -0.3 is 10.5 Å². The van der Waals surface area contributed by atoms with E-state index in [0.29, 0.717) is 6.07 Å². The molecule has 1 aromatic rings. The van der Waals surface area contributed by atoms with Crippen molar-refractivity contribution >= 4 is 5.69 Å². The van der Waals surface area contributed by atoms with E-state index in [4.69, 9.17) is 11.0 Å². The smallest absolute Gasteiger partial charge is 0.397 e. The highest BCUT2D eigenvalue weighted by Crippen LogP contribution is 2.21. The van der Waals surface area contributed by atoms with E-state index in [2.05, 4.69) is 4.74 Å². The van der Waals surface area contributed by atoms with Crippen LogP contribution in [0, 0.1) is 11.3 Å². The number of nitrogens with two attached hydrogens (primary N) is 1. The summed E-state index contributed by atoms with van der Waals surface area (Å²) in [4.78, 5) is 12.7. The van der Waals surface area contributed by atoms with Crippen LogP contribution in [0.1, 0.15) is 5.56 Å². The lowest BCUT2D eigenvalue weighted by Gasteiger charge is -2.08. The minimum atomic E-state index is -4.93. The summed E-state index contributed by atoms with van der Waals surface area (Å²) < 4.78 is 38.6. The lowest BCUT2D eigenvalue weighted by Crippen LogP contribution is -2.21. The summed E-state index contributed by atoms with van der Waals surface area (Å²) in [7, 11) is 0. The van der Waals surface area contributed by atoms with Crippen LogP contribution >= 0.6 is 0 Å². The van der Waals surface area contributed by atoms with E-state index in [1.807, 2.05) is 0 Å². The van der Waals surface area contributed by atoms with E-state index < -0.39 is 23.4 Å². The van der Waals surface area contributed by atoms with E-state index in [1.54, 1.807) is 4.98 Å². The number of nitrogens with one attached hydrogen (secondary N) is 1. The molecule has 0 saturated heterocycles. The van der Waals surface area contributed by atoms with Gasteiger partial charge in [0.15, 0.2) is 0 Å². The molecular formula is C7H4F3N3O2. The van der Waals surface area contributed by atoms with Gasteiger partial charge in [-0.3, -0.25) is 9.78 Å². The number of halogens is 3. The third-order valence-electron chi connectivity index (χ3n) is 1.38. The molecular weight excluding hydrogens is 215 g/mol. The monoisotopic (exact) mass is 219 g/mol. The number of nitrogen functional groups attached to an aromatic ring is 1. The summed E-state index contributed by atoms with van der Waals surface area (Å²) in [6.45, 7) is 0. The van der Waals surface area contributed by atoms with Crippen LogP contribution in [0.3, 0.4) is 0 Å². The van der Waals surface area contributed by atoms with Crippen LogP contribution in [0.5, 0.6) is 5.88 Å². The van der Waals surface area contributed by atoms with Gasteiger partial charge in [-0.2, -0.15) is 5.26 Å². The Morgan fingerprint density at radius 3 is 2.53 bits per heavy atom. The summed E-state index contributed by atoms with van der Waals surface area (Å²) in [5.74, 6) is -0.857. The van der Waals surface area contributed by atoms with Gasteiger partial charge in [0.1, 0.15) is 11.6 Å². The zero-order valence-electron chi connectivity index (χ0n) is 7.05. The molecule has 0 aromatic carbocycles. The Balaban J connectivity index is 3.17. The molecule has 0 fully saturated rings. The number of aromatic nitrogens is 1. The predicted molar refractivity (Wildman–Crippen MR) is 42.9 cm³/mol. The van der Waals surface area contributed by atoms with Gasteiger partial charge in [-0.25, -0.2) is 0 Å². The molecule has 0 unspecified atom stereocenters. The highest BCUT2D eigenvalue weighted by atomic mass is 19.4. The van der Waals surface area contributed by atoms with E-state index in [9.17, 15) is 18.0 Å². The molecule has 8 heteroatoms. The van der Waals surface area contributed by atoms with Crippen LogP contribution in [0.2, 0.25) is 0 Å². The number of anilines is 1. The zero-order chi connectivity index (χ0) is 11.6. The number of hydrogen-bond acceptors (Lipinski definition) is 4. The van der Waals surface area contributed by atoms with Gasteiger partial charge in [0.25, 0.3) is 5.56 Å². The van der Waals surface area contributed by atoms with Gasteiger partial charge in [-0.05, 0) is 0 Å². The summed E-state index contributed by atoms with van der Waals surface area (Å²) in [6, 6.07) is 2.16. The van der Waals surface area contributed by atoms with Crippen molar-refractivity contribution in [2.45, 2.75) is 6.36 Å². The van der Waals surface area contributed by atoms with Gasteiger partial charge in [0.2, 0.25) is 5.88 Å². The van der Waals surface area contributed by atoms with Gasteiger partial charge in [0.05, 0.1) is 5.69 Å². The topological polar surface area (TPSA) is 91.9 Å². The number of pyridine rings is 1. The fourth-order valence-electron chi connectivity index (χ4n) is 0.850. The average molecular weight is 219 g/mol. The Labute approximate surface area is 80.9 Å². The van der Waals surface area contributed by atoms with Gasteiger partial charge >= 0.3 is 6.36 Å². The third kappa shape index (κ3) is 2.63. The minimum absolute atomic E-state index is 0.375. The highest BCUT2D eigenvalue weighted by molar-refractivity contribution is 5.54. The Morgan fingerprint density at radius 1 is 1.53 bits per heavy atom. The van der Waals surface area contributed by atoms with Crippen molar-refractivity contribution in [2.24, 2.45) is 0 Å². The van der Waals surface area contributed by atoms with Crippen molar-refractivity contribution in [1.82, 2.24) is 4.98 Å². The molecule has 1 rings (SSSR count). The number of hydrogen-bond donors (Lipinski definition) is 2. The number of H-pyrrole nitrogens is 1. The van der Waals surface area contributed by atoms with Crippen molar-refractivity contribution in [2.75, 3.05) is 5.73 Å². The molecule has 0 aliphatic carbocycles. The third-order valence-corrected chi connectivity index (χ3v) is 1.38. The van der Waals surface area contributed by atoms with Gasteiger partial charge in [0, 0.05) is 6.07 Å². The number of nitriles is 1. The standard InChI is InChI=1S/C7H4F3N3O2/c8-7(9,10)15-5-1-4(12)3(2-11)6(14)13-5/h1H,(H3,12,13,14). The number of aromatic amines is 1. The molecule has 0 bridgehead atoms. The molecule has 1 aromatic heterocycles. The summed E-state index contributed by atoms with van der Waals surface area (Å²) >= 11 is 0. The Morgan fingerprint density at radius 2 is 2.13 bits per heavy atom. The number of alkyl halides is 3. The van der Waals surface area contributed by atoms with Crippen molar-refractivity contribution in [3.63, 3.8) is 0 Å². The lowest BCUT2D eigenvalue weighted by molar-refractivity contribution is -0.276. The quantitative estimate of drug-likeness (QED) is 0.728. The SMILES string of the molecule is N#Cc1c(N)cc(OC(F)(F)F)[nH]c1=O. The number of ether oxygens (including phenoxy) is 1. The van der Waals surface area contributed by atoms with Crippen molar-refractivity contribution in [3.8, 4) is 11.9 Å². The zero-order valence-corrected chi connectivity index (χ0v) is 7.05. The molecule has 0 radical (unpaired) electrons. The second kappa shape index (κ2) is 3.53. The van der Waals surface area contributed by atoms with Crippen LogP contribution in [0.15, 0.2) is 10.9 Å². The number of rotatable bonds is 1. The van der Waals surface area contributed by atoms with E-state index in [1.165, 1.54) is 6.07 Å². The summed E-state index contributed by atoms with van der Waals surface area (Å²) in [5, 5.41) is 8.41. The van der Waals surface area contributed by atoms with Crippen LogP contribution in [-0.4, -0.2) is 11.3 Å². The van der Waals surface area contributed by atoms with Crippen LogP contribution in [0.25, 0.3) is 0 Å². The maximum atomic E-state index is 11.7. The molecule has 0 aliphatic rings. The van der Waals surface area contributed by atoms with Crippen LogP contribution in [-0.2, 0) is 0 Å². The van der Waals surface area contributed by atoms with Crippen molar-refractivity contribution in [1.29, 1.82) is 5.26 Å². The van der Waals surface area contributed by atoms with Crippen molar-refractivity contribution in [3.05, 3.63) is 22.0 Å². The van der Waals surface area contributed by atoms with E-state index in [0.717, 1.165) is 0 Å². The molecule has 1 heterocycles. The summed E-state index contributed by atoms with van der Waals surface area (Å²) in [6.07, 6.45) is -4.93. The largest absolute Gasteiger partial charge is 0.574 e. The van der Waals surface area contributed by atoms with E-state index >= 15 is 0 Å². The Kier molecular flexibility index (Phi) is 2.57. The molecule has 5 nitrogen and oxygen atoms in total. The Bertz CT molecular complexity index is 472. The normalized spacial score (nSPS) is 10.8. The first kappa shape index (κ1) is 10.9. The molecule has 80 valence electrons. The molecule has 0 aliphatic heterocycles. The second-order valence-electron chi connectivity index (χ2n) is 2.45. The first-order valence-corrected chi connectivity index (χ1v) is 3.52. The molecule has 0 atom stereocenters. The molecule has 0 spiro atoms. The minimum Gasteiger partial charge on any atom is -0.397 e. The van der Waals surface area contributed by atoms with E-state index in [-0.39, 0.29) is 5.69 Å². The molecule has 15 heavy (non-hydrogen) atoms. The Hall–Kier alpha value is -2.17. The first-order valence-electron chi connectivity index (χ1n) is 3.52. The van der Waals surface area contributed by atoms with Crippen LogP contribution in [0.4, 0.5) is 18.9 Å². The maximum Gasteiger partial charge on any atom is 0.574 e. The van der Waals surface area contributed by atoms with Gasteiger partial charge in [-0.1, -0.05) is 0 Å². The van der Waals surface area contributed by atoms with Gasteiger partial charge in [-0.15, -0.1) is 13.2 Å². The lowest BCUT2D eigenvalue weighted by atomic mass is 10.2. The molecule has 3 N–H and O–H groups in total. The average Bonchev–Trinajstić information content (AvgIpc) is 1.99. The first-order chi connectivity index (χ1) is 6.83. The van der Waals surface area contributed by atoms with Crippen molar-refractivity contribution < 1.29 is 17.9 Å². The number of nitrogens with zero attached hydrogens (tertiary/aromatic N) is 1. The fraction of sp³-hybridized carbons (Fsp3) is 0.143. The van der Waals surface area contributed by atoms with Crippen LogP contribution < -0.4 is 16.0 Å². The highest BCUT2D eigenvalue weighted by Gasteiger charge is 2.31. The molecule has 0 amide bonds. The summed E-state index contributed by atoms with van der Waals surface area (Å²) in [5.41, 5.74) is 3.30. The molecule has 0 saturated carbocycles. The fourth-order valence-corrected chi connectivity index (χ4v) is 0.850.